The van der Waals surface area contributed by atoms with E-state index >= 15 is 0 Å². The van der Waals surface area contributed by atoms with Gasteiger partial charge in [-0.25, -0.2) is 4.98 Å². The normalized spacial score (nSPS) is 14.2. The number of aromatic nitrogens is 4. The molecule has 1 aliphatic heterocycles. The second-order valence-electron chi connectivity index (χ2n) is 4.57. The van der Waals surface area contributed by atoms with Crippen LogP contribution in [0, 0.1) is 17.0 Å². The summed E-state index contributed by atoms with van der Waals surface area (Å²) < 4.78 is 2.05. The maximum absolute atomic E-state index is 10.7. The first-order valence-corrected chi connectivity index (χ1v) is 6.11. The highest BCUT2D eigenvalue weighted by Gasteiger charge is 2.22. The summed E-state index contributed by atoms with van der Waals surface area (Å²) in [5, 5.41) is 18.9. The molecular weight excluding hydrogens is 262 g/mol. The Balaban J connectivity index is 1.88. The molecule has 2 aromatic rings. The molecule has 0 aliphatic carbocycles. The van der Waals surface area contributed by atoms with Crippen LogP contribution in [0.5, 0.6) is 0 Å². The maximum atomic E-state index is 10.7. The summed E-state index contributed by atoms with van der Waals surface area (Å²) >= 11 is 0. The number of nitro groups is 1. The summed E-state index contributed by atoms with van der Waals surface area (Å²) in [7, 11) is 0. The van der Waals surface area contributed by atoms with E-state index < -0.39 is 4.92 Å². The zero-order chi connectivity index (χ0) is 14.3. The van der Waals surface area contributed by atoms with Gasteiger partial charge in [0.05, 0.1) is 11.5 Å². The zero-order valence-electron chi connectivity index (χ0n) is 10.9. The molecule has 0 unspecified atom stereocenters. The molecule has 9 heteroatoms. The predicted octanol–water partition coefficient (Wildman–Crippen LogP) is 0.492. The number of rotatable bonds is 2. The number of pyridine rings is 1. The quantitative estimate of drug-likeness (QED) is 0.626. The van der Waals surface area contributed by atoms with Gasteiger partial charge in [-0.2, -0.15) is 0 Å². The summed E-state index contributed by atoms with van der Waals surface area (Å²) in [6, 6.07) is 2.98. The lowest BCUT2D eigenvalue weighted by molar-refractivity contribution is -0.384. The second-order valence-corrected chi connectivity index (χ2v) is 4.57. The molecule has 0 saturated heterocycles. The molecule has 20 heavy (non-hydrogen) atoms. The summed E-state index contributed by atoms with van der Waals surface area (Å²) in [4.78, 5) is 16.3. The number of aryl methyl sites for hydroxylation is 1. The van der Waals surface area contributed by atoms with Crippen molar-refractivity contribution >= 4 is 17.3 Å². The van der Waals surface area contributed by atoms with Gasteiger partial charge in [-0.1, -0.05) is 0 Å². The van der Waals surface area contributed by atoms with E-state index in [-0.39, 0.29) is 11.5 Å². The average Bonchev–Trinajstić information content (AvgIpc) is 2.79. The molecule has 1 aliphatic rings. The Labute approximate surface area is 114 Å². The maximum Gasteiger partial charge on any atom is 0.311 e. The Morgan fingerprint density at radius 3 is 2.85 bits per heavy atom. The number of nitrogens with zero attached hydrogens (tertiary/aromatic N) is 6. The van der Waals surface area contributed by atoms with Gasteiger partial charge in [0.2, 0.25) is 5.82 Å². The fourth-order valence-electron chi connectivity index (χ4n) is 2.29. The van der Waals surface area contributed by atoms with Crippen LogP contribution >= 0.6 is 0 Å². The minimum absolute atomic E-state index is 0.0734. The van der Waals surface area contributed by atoms with Gasteiger partial charge in [0.25, 0.3) is 0 Å². The number of nitrogens with two attached hydrogens (primary N) is 1. The van der Waals surface area contributed by atoms with Crippen LogP contribution in [0.15, 0.2) is 12.1 Å². The third-order valence-corrected chi connectivity index (χ3v) is 3.35. The van der Waals surface area contributed by atoms with E-state index in [1.165, 1.54) is 6.07 Å². The molecule has 0 spiro atoms. The van der Waals surface area contributed by atoms with Crippen LogP contribution in [0.2, 0.25) is 0 Å². The topological polar surface area (TPSA) is 116 Å². The molecule has 0 aromatic carbocycles. The first kappa shape index (κ1) is 12.3. The van der Waals surface area contributed by atoms with Crippen molar-refractivity contribution in [2.24, 2.45) is 0 Å². The number of hydrogen-bond donors (Lipinski definition) is 1. The van der Waals surface area contributed by atoms with Crippen LogP contribution in [0.3, 0.4) is 0 Å². The molecule has 0 atom stereocenters. The van der Waals surface area contributed by atoms with Crippen molar-refractivity contribution in [1.82, 2.24) is 19.7 Å². The number of fused-ring (bicyclic) bond motifs is 1. The Kier molecular flexibility index (Phi) is 2.74. The van der Waals surface area contributed by atoms with Crippen LogP contribution < -0.4 is 10.6 Å². The van der Waals surface area contributed by atoms with Crippen molar-refractivity contribution in [2.75, 3.05) is 17.2 Å². The highest BCUT2D eigenvalue weighted by molar-refractivity contribution is 5.58. The van der Waals surface area contributed by atoms with E-state index in [4.69, 9.17) is 5.73 Å². The summed E-state index contributed by atoms with van der Waals surface area (Å²) in [5.74, 6) is 2.28. The Morgan fingerprint density at radius 1 is 1.35 bits per heavy atom. The standard InChI is InChI=1S/C11H13N7O2/c1-7-14-15-10-6-16(4-5-17(7)10)9-3-2-8(18(19)20)11(12)13-9/h2-3H,4-6H2,1H3,(H2,12,13). The van der Waals surface area contributed by atoms with Crippen LogP contribution in [-0.4, -0.2) is 31.2 Å². The number of anilines is 2. The molecule has 2 aromatic heterocycles. The van der Waals surface area contributed by atoms with E-state index in [0.29, 0.717) is 12.4 Å². The molecule has 2 N–H and O–H groups in total. The van der Waals surface area contributed by atoms with Crippen molar-refractivity contribution < 1.29 is 4.92 Å². The molecule has 0 radical (unpaired) electrons. The van der Waals surface area contributed by atoms with Gasteiger partial charge in [0.15, 0.2) is 5.82 Å². The average molecular weight is 275 g/mol. The molecule has 0 amide bonds. The van der Waals surface area contributed by atoms with Crippen LogP contribution in [0.25, 0.3) is 0 Å². The Bertz CT molecular complexity index is 681. The third kappa shape index (κ3) is 1.92. The lowest BCUT2D eigenvalue weighted by Gasteiger charge is -2.28. The van der Waals surface area contributed by atoms with Crippen molar-refractivity contribution in [3.05, 3.63) is 33.9 Å². The Hall–Kier alpha value is -2.71. The van der Waals surface area contributed by atoms with Gasteiger partial charge in [-0.15, -0.1) is 10.2 Å². The van der Waals surface area contributed by atoms with E-state index in [2.05, 4.69) is 15.2 Å². The van der Waals surface area contributed by atoms with E-state index in [9.17, 15) is 10.1 Å². The monoisotopic (exact) mass is 275 g/mol. The molecule has 0 fully saturated rings. The van der Waals surface area contributed by atoms with Gasteiger partial charge < -0.3 is 15.2 Å². The molecule has 0 saturated carbocycles. The van der Waals surface area contributed by atoms with Crippen LogP contribution in [0.4, 0.5) is 17.3 Å². The van der Waals surface area contributed by atoms with Gasteiger partial charge in [0.1, 0.15) is 11.6 Å². The third-order valence-electron chi connectivity index (χ3n) is 3.35. The van der Waals surface area contributed by atoms with Crippen molar-refractivity contribution in [3.8, 4) is 0 Å². The largest absolute Gasteiger partial charge is 0.378 e. The van der Waals surface area contributed by atoms with E-state index in [0.717, 1.165) is 24.7 Å². The van der Waals surface area contributed by atoms with E-state index in [1.807, 2.05) is 16.4 Å². The number of hydrogen-bond acceptors (Lipinski definition) is 7. The van der Waals surface area contributed by atoms with Gasteiger partial charge in [-0.05, 0) is 13.0 Å². The second kappa shape index (κ2) is 4.44. The molecule has 9 nitrogen and oxygen atoms in total. The molecule has 3 rings (SSSR count). The van der Waals surface area contributed by atoms with Crippen molar-refractivity contribution in [3.63, 3.8) is 0 Å². The fourth-order valence-corrected chi connectivity index (χ4v) is 2.29. The minimum atomic E-state index is -0.539. The molecule has 104 valence electrons. The van der Waals surface area contributed by atoms with Crippen LogP contribution in [-0.2, 0) is 13.1 Å². The van der Waals surface area contributed by atoms with Gasteiger partial charge in [-0.3, -0.25) is 10.1 Å². The first-order chi connectivity index (χ1) is 9.56. The molecule has 3 heterocycles. The highest BCUT2D eigenvalue weighted by atomic mass is 16.6. The van der Waals surface area contributed by atoms with Crippen molar-refractivity contribution in [2.45, 2.75) is 20.0 Å². The molecule has 0 bridgehead atoms. The fraction of sp³-hybridized carbons (Fsp3) is 0.364. The lowest BCUT2D eigenvalue weighted by Crippen LogP contribution is -2.34. The van der Waals surface area contributed by atoms with Gasteiger partial charge >= 0.3 is 5.69 Å². The first-order valence-electron chi connectivity index (χ1n) is 6.11. The zero-order valence-corrected chi connectivity index (χ0v) is 10.9. The highest BCUT2D eigenvalue weighted by Crippen LogP contribution is 2.25. The summed E-state index contributed by atoms with van der Waals surface area (Å²) in [6.45, 7) is 3.96. The minimum Gasteiger partial charge on any atom is -0.378 e. The Morgan fingerprint density at radius 2 is 2.15 bits per heavy atom. The lowest BCUT2D eigenvalue weighted by atomic mass is 10.3. The smallest absolute Gasteiger partial charge is 0.311 e. The number of nitrogen functional groups attached to an aromatic ring is 1. The SMILES string of the molecule is Cc1nnc2n1CCN(c1ccc([N+](=O)[O-])c(N)n1)C2. The van der Waals surface area contributed by atoms with Gasteiger partial charge in [0, 0.05) is 19.2 Å². The predicted molar refractivity (Wildman–Crippen MR) is 71.1 cm³/mol. The summed E-state index contributed by atoms with van der Waals surface area (Å²) in [5.41, 5.74) is 5.44. The van der Waals surface area contributed by atoms with Crippen molar-refractivity contribution in [1.29, 1.82) is 0 Å². The summed E-state index contributed by atoms with van der Waals surface area (Å²) in [6.07, 6.45) is 0. The van der Waals surface area contributed by atoms with Crippen LogP contribution in [0.1, 0.15) is 11.6 Å². The molecular formula is C11H13N7O2. The van der Waals surface area contributed by atoms with E-state index in [1.54, 1.807) is 6.07 Å².